The van der Waals surface area contributed by atoms with Crippen LogP contribution in [0.3, 0.4) is 0 Å². The molecular formula is C23H32N4O3. The highest BCUT2D eigenvalue weighted by Gasteiger charge is 2.29. The number of amides is 1. The van der Waals surface area contributed by atoms with Crippen LogP contribution in [-0.4, -0.2) is 32.5 Å². The lowest BCUT2D eigenvalue weighted by molar-refractivity contribution is -0.129. The van der Waals surface area contributed by atoms with E-state index in [0.717, 1.165) is 25.0 Å². The maximum Gasteiger partial charge on any atom is 0.243 e. The van der Waals surface area contributed by atoms with Gasteiger partial charge in [-0.25, -0.2) is 10.5 Å². The molecule has 1 aliphatic rings. The van der Waals surface area contributed by atoms with Crippen LogP contribution in [0.5, 0.6) is 0 Å². The van der Waals surface area contributed by atoms with E-state index in [2.05, 4.69) is 39.0 Å². The van der Waals surface area contributed by atoms with Crippen LogP contribution in [0.2, 0.25) is 0 Å². The van der Waals surface area contributed by atoms with E-state index in [0.29, 0.717) is 12.3 Å². The Morgan fingerprint density at radius 2 is 2.07 bits per heavy atom. The molecule has 162 valence electrons. The molecule has 7 heteroatoms. The average molecular weight is 413 g/mol. The van der Waals surface area contributed by atoms with Gasteiger partial charge in [-0.15, -0.1) is 0 Å². The van der Waals surface area contributed by atoms with Crippen molar-refractivity contribution in [3.63, 3.8) is 0 Å². The number of hydrogen-bond acceptors (Lipinski definition) is 5. The van der Waals surface area contributed by atoms with Crippen molar-refractivity contribution in [3.8, 4) is 0 Å². The van der Waals surface area contributed by atoms with E-state index in [1.807, 2.05) is 25.5 Å². The molecule has 2 unspecified atom stereocenters. The fourth-order valence-electron chi connectivity index (χ4n) is 4.05. The summed E-state index contributed by atoms with van der Waals surface area (Å²) < 4.78 is 2.12. The topological polar surface area (TPSA) is 88.7 Å². The van der Waals surface area contributed by atoms with Crippen LogP contribution in [0.4, 0.5) is 0 Å². The quantitative estimate of drug-likeness (QED) is 0.346. The lowest BCUT2D eigenvalue weighted by atomic mass is 9.82. The van der Waals surface area contributed by atoms with Crippen LogP contribution in [0.25, 0.3) is 0 Å². The molecular weight excluding hydrogens is 380 g/mol. The lowest BCUT2D eigenvalue weighted by Gasteiger charge is -2.29. The number of oxime groups is 1. The number of carbonyl (C=O) groups excluding carboxylic acids is 1. The predicted octanol–water partition coefficient (Wildman–Crippen LogP) is 4.29. The van der Waals surface area contributed by atoms with Crippen molar-refractivity contribution in [2.45, 2.75) is 70.4 Å². The van der Waals surface area contributed by atoms with Gasteiger partial charge in [-0.1, -0.05) is 54.8 Å². The SMILES string of the molecule is CC(CCC(=O)NO)ON=C(C1CCCCC1)C(Cc1ccccc1)n1ccnc1. The maximum atomic E-state index is 11.3. The Morgan fingerprint density at radius 1 is 1.30 bits per heavy atom. The number of carbonyl (C=O) groups is 1. The molecule has 1 heterocycles. The molecule has 2 atom stereocenters. The fraction of sp³-hybridized carbons (Fsp3) is 0.522. The number of hydroxylamine groups is 1. The molecule has 0 saturated heterocycles. The van der Waals surface area contributed by atoms with Crippen LogP contribution < -0.4 is 5.48 Å². The second kappa shape index (κ2) is 11.5. The molecule has 30 heavy (non-hydrogen) atoms. The third kappa shape index (κ3) is 6.42. The third-order valence-corrected chi connectivity index (χ3v) is 5.76. The summed E-state index contributed by atoms with van der Waals surface area (Å²) in [5.41, 5.74) is 3.95. The number of nitrogens with one attached hydrogen (secondary N) is 1. The Hall–Kier alpha value is -2.67. The van der Waals surface area contributed by atoms with Crippen molar-refractivity contribution in [2.24, 2.45) is 11.1 Å². The van der Waals surface area contributed by atoms with Crippen LogP contribution in [0, 0.1) is 5.92 Å². The van der Waals surface area contributed by atoms with Gasteiger partial charge >= 0.3 is 0 Å². The third-order valence-electron chi connectivity index (χ3n) is 5.76. The molecule has 2 aromatic rings. The van der Waals surface area contributed by atoms with Gasteiger partial charge < -0.3 is 9.40 Å². The molecule has 0 aliphatic heterocycles. The summed E-state index contributed by atoms with van der Waals surface area (Å²) in [4.78, 5) is 21.4. The van der Waals surface area contributed by atoms with Crippen molar-refractivity contribution in [2.75, 3.05) is 0 Å². The van der Waals surface area contributed by atoms with E-state index >= 15 is 0 Å². The molecule has 1 aromatic heterocycles. The van der Waals surface area contributed by atoms with E-state index in [4.69, 9.17) is 10.0 Å². The van der Waals surface area contributed by atoms with Gasteiger partial charge in [0.2, 0.25) is 5.91 Å². The molecule has 0 radical (unpaired) electrons. The smallest absolute Gasteiger partial charge is 0.243 e. The predicted molar refractivity (Wildman–Crippen MR) is 115 cm³/mol. The van der Waals surface area contributed by atoms with E-state index < -0.39 is 5.91 Å². The molecule has 1 fully saturated rings. The van der Waals surface area contributed by atoms with Gasteiger partial charge in [-0.3, -0.25) is 10.0 Å². The summed E-state index contributed by atoms with van der Waals surface area (Å²) in [6, 6.07) is 10.5. The molecule has 3 rings (SSSR count). The number of imidazole rings is 1. The van der Waals surface area contributed by atoms with Gasteiger partial charge in [0.25, 0.3) is 0 Å². The Morgan fingerprint density at radius 3 is 2.73 bits per heavy atom. The first-order chi connectivity index (χ1) is 14.7. The standard InChI is InChI=1S/C23H32N4O3/c1-18(12-13-22(28)25-29)30-26-23(20-10-6-3-7-11-20)21(27-15-14-24-17-27)16-19-8-4-2-5-9-19/h2,4-5,8-9,14-15,17-18,20-21,29H,3,6-7,10-13,16H2,1H3,(H,25,28). The zero-order chi connectivity index (χ0) is 21.2. The number of hydrogen-bond donors (Lipinski definition) is 2. The molecule has 7 nitrogen and oxygen atoms in total. The Bertz CT molecular complexity index is 786. The molecule has 1 aromatic carbocycles. The summed E-state index contributed by atoms with van der Waals surface area (Å²) in [5.74, 6) is -0.0369. The number of nitrogens with zero attached hydrogens (tertiary/aromatic N) is 3. The minimum Gasteiger partial charge on any atom is -0.393 e. The van der Waals surface area contributed by atoms with Gasteiger partial charge in [0.15, 0.2) is 0 Å². The molecule has 0 spiro atoms. The Kier molecular flexibility index (Phi) is 8.44. The molecule has 1 aliphatic carbocycles. The Labute approximate surface area is 178 Å². The van der Waals surface area contributed by atoms with Gasteiger partial charge in [0.05, 0.1) is 18.1 Å². The minimum absolute atomic E-state index is 0.0333. The highest BCUT2D eigenvalue weighted by atomic mass is 16.6. The number of aromatic nitrogens is 2. The summed E-state index contributed by atoms with van der Waals surface area (Å²) in [6.07, 6.45) is 12.8. The maximum absolute atomic E-state index is 11.3. The monoisotopic (exact) mass is 412 g/mol. The molecule has 0 bridgehead atoms. The average Bonchev–Trinajstić information content (AvgIpc) is 3.33. The minimum atomic E-state index is -0.415. The highest BCUT2D eigenvalue weighted by molar-refractivity contribution is 5.90. The lowest BCUT2D eigenvalue weighted by Crippen LogP contribution is -2.30. The first kappa shape index (κ1) is 22.0. The van der Waals surface area contributed by atoms with E-state index in [9.17, 15) is 4.79 Å². The van der Waals surface area contributed by atoms with E-state index in [1.165, 1.54) is 24.8 Å². The second-order valence-corrected chi connectivity index (χ2v) is 8.06. The molecule has 1 saturated carbocycles. The van der Waals surface area contributed by atoms with Crippen LogP contribution >= 0.6 is 0 Å². The fourth-order valence-corrected chi connectivity index (χ4v) is 4.05. The van der Waals surface area contributed by atoms with E-state index in [1.54, 1.807) is 11.7 Å². The van der Waals surface area contributed by atoms with Crippen molar-refractivity contribution < 1.29 is 14.8 Å². The zero-order valence-corrected chi connectivity index (χ0v) is 17.6. The van der Waals surface area contributed by atoms with E-state index in [-0.39, 0.29) is 18.6 Å². The van der Waals surface area contributed by atoms with Crippen molar-refractivity contribution in [3.05, 3.63) is 54.6 Å². The first-order valence-corrected chi connectivity index (χ1v) is 10.8. The second-order valence-electron chi connectivity index (χ2n) is 8.06. The van der Waals surface area contributed by atoms with Crippen LogP contribution in [0.15, 0.2) is 54.2 Å². The van der Waals surface area contributed by atoms with Gasteiger partial charge in [-0.2, -0.15) is 0 Å². The summed E-state index contributed by atoms with van der Waals surface area (Å²) in [6.45, 7) is 1.90. The van der Waals surface area contributed by atoms with Crippen molar-refractivity contribution in [1.29, 1.82) is 0 Å². The summed E-state index contributed by atoms with van der Waals surface area (Å²) in [7, 11) is 0. The van der Waals surface area contributed by atoms with Crippen molar-refractivity contribution in [1.82, 2.24) is 15.0 Å². The Balaban J connectivity index is 1.82. The summed E-state index contributed by atoms with van der Waals surface area (Å²) in [5, 5.41) is 13.4. The molecule has 2 N–H and O–H groups in total. The highest BCUT2D eigenvalue weighted by Crippen LogP contribution is 2.31. The zero-order valence-electron chi connectivity index (χ0n) is 17.6. The van der Waals surface area contributed by atoms with Crippen molar-refractivity contribution >= 4 is 11.6 Å². The van der Waals surface area contributed by atoms with Gasteiger partial charge in [-0.05, 0) is 38.2 Å². The van der Waals surface area contributed by atoms with Gasteiger partial charge in [0.1, 0.15) is 6.10 Å². The first-order valence-electron chi connectivity index (χ1n) is 10.8. The largest absolute Gasteiger partial charge is 0.393 e. The van der Waals surface area contributed by atoms with Crippen LogP contribution in [0.1, 0.15) is 63.5 Å². The normalized spacial score (nSPS) is 17.3. The van der Waals surface area contributed by atoms with Crippen LogP contribution in [-0.2, 0) is 16.1 Å². The number of benzene rings is 1. The van der Waals surface area contributed by atoms with Gasteiger partial charge in [0, 0.05) is 24.7 Å². The summed E-state index contributed by atoms with van der Waals surface area (Å²) >= 11 is 0. The number of rotatable bonds is 10. The molecule has 1 amide bonds.